The minimum atomic E-state index is -4.30. The highest BCUT2D eigenvalue weighted by Gasteiger charge is 2.38. The Labute approximate surface area is 105 Å². The molecular weight excluding hydrogens is 241 g/mol. The van der Waals surface area contributed by atoms with Gasteiger partial charge in [0.2, 0.25) is 0 Å². The summed E-state index contributed by atoms with van der Waals surface area (Å²) < 4.78 is 38.8. The Morgan fingerprint density at radius 3 is 2.50 bits per heavy atom. The van der Waals surface area contributed by atoms with Crippen molar-refractivity contribution in [1.82, 2.24) is 5.32 Å². The highest BCUT2D eigenvalue weighted by molar-refractivity contribution is 5.56. The second kappa shape index (κ2) is 4.46. The molecule has 0 spiro atoms. The van der Waals surface area contributed by atoms with Crippen LogP contribution >= 0.6 is 0 Å². The predicted molar refractivity (Wildman–Crippen MR) is 65.7 cm³/mol. The molecule has 0 radical (unpaired) electrons. The first-order valence-electron chi connectivity index (χ1n) is 5.96. The van der Waals surface area contributed by atoms with E-state index in [2.05, 4.69) is 5.32 Å². The molecule has 0 bridgehead atoms. The van der Waals surface area contributed by atoms with Gasteiger partial charge in [-0.1, -0.05) is 12.1 Å². The molecule has 2 nitrogen and oxygen atoms in total. The molecule has 1 aromatic carbocycles. The van der Waals surface area contributed by atoms with Gasteiger partial charge >= 0.3 is 6.18 Å². The molecule has 0 aliphatic carbocycles. The molecule has 0 aromatic heterocycles. The minimum Gasteiger partial charge on any atom is -0.369 e. The van der Waals surface area contributed by atoms with Gasteiger partial charge in [0.1, 0.15) is 0 Å². The third-order valence-electron chi connectivity index (χ3n) is 3.63. The Morgan fingerprint density at radius 1 is 1.28 bits per heavy atom. The normalized spacial score (nSPS) is 24.6. The van der Waals surface area contributed by atoms with E-state index in [9.17, 15) is 13.2 Å². The fraction of sp³-hybridized carbons (Fsp3) is 0.538. The van der Waals surface area contributed by atoms with Crippen molar-refractivity contribution >= 4 is 5.69 Å². The number of nitrogens with zero attached hydrogens (tertiary/aromatic N) is 1. The Balaban J connectivity index is 2.31. The lowest BCUT2D eigenvalue weighted by Crippen LogP contribution is -2.42. The zero-order valence-electron chi connectivity index (χ0n) is 10.5. The quantitative estimate of drug-likeness (QED) is 0.877. The van der Waals surface area contributed by atoms with Gasteiger partial charge in [-0.15, -0.1) is 0 Å². The van der Waals surface area contributed by atoms with Gasteiger partial charge in [0.05, 0.1) is 5.56 Å². The topological polar surface area (TPSA) is 15.3 Å². The minimum absolute atomic E-state index is 0.112. The first kappa shape index (κ1) is 13.2. The summed E-state index contributed by atoms with van der Waals surface area (Å²) in [6.45, 7) is 3.27. The lowest BCUT2D eigenvalue weighted by molar-refractivity contribution is -0.137. The second-order valence-electron chi connectivity index (χ2n) is 5.00. The molecule has 2 rings (SSSR count). The van der Waals surface area contributed by atoms with Crippen LogP contribution in [0.4, 0.5) is 18.9 Å². The zero-order valence-corrected chi connectivity index (χ0v) is 10.5. The Hall–Kier alpha value is -1.23. The summed E-state index contributed by atoms with van der Waals surface area (Å²) in [4.78, 5) is 1.80. The molecule has 1 heterocycles. The maximum Gasteiger partial charge on any atom is 0.418 e. The summed E-state index contributed by atoms with van der Waals surface area (Å²) >= 11 is 0. The SMILES string of the molecule is CNC1(C)CCN(c2ccccc2C(F)(F)F)C1. The molecule has 1 aliphatic heterocycles. The molecule has 1 fully saturated rings. The predicted octanol–water partition coefficient (Wildman–Crippen LogP) is 2.89. The van der Waals surface area contributed by atoms with Gasteiger partial charge in [-0.25, -0.2) is 0 Å². The molecule has 18 heavy (non-hydrogen) atoms. The molecule has 1 saturated heterocycles. The molecule has 1 unspecified atom stereocenters. The Kier molecular flexibility index (Phi) is 3.27. The van der Waals surface area contributed by atoms with Crippen LogP contribution in [0.3, 0.4) is 0 Å². The van der Waals surface area contributed by atoms with E-state index < -0.39 is 11.7 Å². The monoisotopic (exact) mass is 258 g/mol. The summed E-state index contributed by atoms with van der Waals surface area (Å²) in [5, 5.41) is 3.18. The van der Waals surface area contributed by atoms with E-state index in [-0.39, 0.29) is 11.2 Å². The van der Waals surface area contributed by atoms with E-state index in [1.54, 1.807) is 17.0 Å². The molecule has 0 saturated carbocycles. The van der Waals surface area contributed by atoms with E-state index in [4.69, 9.17) is 0 Å². The van der Waals surface area contributed by atoms with Crippen molar-refractivity contribution in [2.75, 3.05) is 25.0 Å². The second-order valence-corrected chi connectivity index (χ2v) is 5.00. The van der Waals surface area contributed by atoms with Crippen LogP contribution in [0.5, 0.6) is 0 Å². The third kappa shape index (κ3) is 2.46. The highest BCUT2D eigenvalue weighted by Crippen LogP contribution is 2.38. The maximum atomic E-state index is 12.9. The number of anilines is 1. The summed E-state index contributed by atoms with van der Waals surface area (Å²) in [6.07, 6.45) is -3.45. The number of hydrogen-bond donors (Lipinski definition) is 1. The number of nitrogens with one attached hydrogen (secondary N) is 1. The molecule has 0 amide bonds. The van der Waals surface area contributed by atoms with Gasteiger partial charge in [-0.3, -0.25) is 0 Å². The molecule has 1 aliphatic rings. The number of hydrogen-bond acceptors (Lipinski definition) is 2. The Bertz CT molecular complexity index is 430. The van der Waals surface area contributed by atoms with Crippen LogP contribution in [-0.2, 0) is 6.18 Å². The highest BCUT2D eigenvalue weighted by atomic mass is 19.4. The number of para-hydroxylation sites is 1. The smallest absolute Gasteiger partial charge is 0.369 e. The summed E-state index contributed by atoms with van der Waals surface area (Å²) in [7, 11) is 1.85. The third-order valence-corrected chi connectivity index (χ3v) is 3.63. The molecule has 1 N–H and O–H groups in total. The number of halogens is 3. The fourth-order valence-electron chi connectivity index (χ4n) is 2.36. The summed E-state index contributed by atoms with van der Waals surface area (Å²) in [6, 6.07) is 5.77. The van der Waals surface area contributed by atoms with E-state index in [0.717, 1.165) is 12.5 Å². The molecule has 100 valence electrons. The summed E-state index contributed by atoms with van der Waals surface area (Å²) in [5.41, 5.74) is -0.382. The van der Waals surface area contributed by atoms with Gasteiger partial charge in [-0.05, 0) is 32.5 Å². The molecule has 5 heteroatoms. The van der Waals surface area contributed by atoms with Gasteiger partial charge < -0.3 is 10.2 Å². The van der Waals surface area contributed by atoms with Gasteiger partial charge in [0, 0.05) is 24.3 Å². The van der Waals surface area contributed by atoms with Gasteiger partial charge in [0.15, 0.2) is 0 Å². The molecule has 1 atom stereocenters. The lowest BCUT2D eigenvalue weighted by atomic mass is 10.0. The lowest BCUT2D eigenvalue weighted by Gasteiger charge is -2.26. The number of benzene rings is 1. The van der Waals surface area contributed by atoms with Crippen molar-refractivity contribution in [1.29, 1.82) is 0 Å². The van der Waals surface area contributed by atoms with Crippen molar-refractivity contribution < 1.29 is 13.2 Å². The van der Waals surface area contributed by atoms with Crippen molar-refractivity contribution in [2.45, 2.75) is 25.1 Å². The largest absolute Gasteiger partial charge is 0.418 e. The van der Waals surface area contributed by atoms with E-state index >= 15 is 0 Å². The first-order chi connectivity index (χ1) is 8.36. The molecule has 1 aromatic rings. The van der Waals surface area contributed by atoms with E-state index in [1.807, 2.05) is 14.0 Å². The Morgan fingerprint density at radius 2 is 1.94 bits per heavy atom. The average Bonchev–Trinajstić information content (AvgIpc) is 2.72. The van der Waals surface area contributed by atoms with Crippen molar-refractivity contribution in [3.8, 4) is 0 Å². The fourth-order valence-corrected chi connectivity index (χ4v) is 2.36. The van der Waals surface area contributed by atoms with Crippen LogP contribution in [-0.4, -0.2) is 25.7 Å². The molecular formula is C13H17F3N2. The van der Waals surface area contributed by atoms with Crippen molar-refractivity contribution in [3.63, 3.8) is 0 Å². The van der Waals surface area contributed by atoms with Crippen molar-refractivity contribution in [3.05, 3.63) is 29.8 Å². The standard InChI is InChI=1S/C13H17F3N2/c1-12(17-2)7-8-18(9-12)11-6-4-3-5-10(11)13(14,15)16/h3-6,17H,7-9H2,1-2H3. The van der Waals surface area contributed by atoms with Crippen LogP contribution in [0.1, 0.15) is 18.9 Å². The van der Waals surface area contributed by atoms with Crippen LogP contribution in [0.25, 0.3) is 0 Å². The van der Waals surface area contributed by atoms with Gasteiger partial charge in [0.25, 0.3) is 0 Å². The summed E-state index contributed by atoms with van der Waals surface area (Å²) in [5.74, 6) is 0. The number of likely N-dealkylation sites (N-methyl/N-ethyl adjacent to an activating group) is 1. The first-order valence-corrected chi connectivity index (χ1v) is 5.96. The van der Waals surface area contributed by atoms with E-state index in [1.165, 1.54) is 6.07 Å². The number of alkyl halides is 3. The van der Waals surface area contributed by atoms with E-state index in [0.29, 0.717) is 13.1 Å². The average molecular weight is 258 g/mol. The van der Waals surface area contributed by atoms with Crippen LogP contribution in [0.15, 0.2) is 24.3 Å². The van der Waals surface area contributed by atoms with Crippen LogP contribution in [0.2, 0.25) is 0 Å². The maximum absolute atomic E-state index is 12.9. The van der Waals surface area contributed by atoms with Crippen molar-refractivity contribution in [2.24, 2.45) is 0 Å². The zero-order chi connectivity index (χ0) is 13.4. The van der Waals surface area contributed by atoms with Crippen LogP contribution < -0.4 is 10.2 Å². The van der Waals surface area contributed by atoms with Crippen LogP contribution in [0, 0.1) is 0 Å². The number of rotatable bonds is 2. The van der Waals surface area contributed by atoms with Gasteiger partial charge in [-0.2, -0.15) is 13.2 Å².